The summed E-state index contributed by atoms with van der Waals surface area (Å²) < 4.78 is 0. The highest BCUT2D eigenvalue weighted by molar-refractivity contribution is 5.21. The number of pyridine rings is 1. The van der Waals surface area contributed by atoms with Crippen LogP contribution in [0.25, 0.3) is 0 Å². The minimum Gasteiger partial charge on any atom is -0.264 e. The van der Waals surface area contributed by atoms with Crippen LogP contribution in [0.3, 0.4) is 0 Å². The Morgan fingerprint density at radius 3 is 2.20 bits per heavy atom. The topological polar surface area (TPSA) is 12.9 Å². The molecule has 1 rings (SSSR count). The van der Waals surface area contributed by atoms with E-state index in [-0.39, 0.29) is 0 Å². The molecule has 0 bridgehead atoms. The third kappa shape index (κ3) is 8.17. The predicted octanol–water partition coefficient (Wildman–Crippen LogP) is 4.79. The Morgan fingerprint density at radius 1 is 1.13 bits per heavy atom. The van der Waals surface area contributed by atoms with Crippen LogP contribution < -0.4 is 0 Å². The quantitative estimate of drug-likeness (QED) is 0.697. The normalized spacial score (nSPS) is 8.13. The lowest BCUT2D eigenvalue weighted by Crippen LogP contribution is -1.89. The van der Waals surface area contributed by atoms with Gasteiger partial charge in [0.05, 0.1) is 0 Å². The highest BCUT2D eigenvalue weighted by Gasteiger charge is 1.95. The van der Waals surface area contributed by atoms with E-state index < -0.39 is 0 Å². The molecule has 0 saturated carbocycles. The van der Waals surface area contributed by atoms with Gasteiger partial charge in [0.25, 0.3) is 0 Å². The van der Waals surface area contributed by atoms with Crippen molar-refractivity contribution in [3.05, 3.63) is 29.6 Å². The first-order valence-corrected chi connectivity index (χ1v) is 6.24. The maximum absolute atomic E-state index is 4.10. The summed E-state index contributed by atoms with van der Waals surface area (Å²) in [5.74, 6) is 0. The summed E-state index contributed by atoms with van der Waals surface area (Å²) in [4.78, 5) is 4.10. The van der Waals surface area contributed by atoms with Gasteiger partial charge in [-0.1, -0.05) is 41.0 Å². The predicted molar refractivity (Wildman–Crippen MR) is 70.3 cm³/mol. The first-order valence-electron chi connectivity index (χ1n) is 6.24. The highest BCUT2D eigenvalue weighted by atomic mass is 14.6. The van der Waals surface area contributed by atoms with E-state index in [4.69, 9.17) is 0 Å². The number of unbranched alkanes of at least 4 members (excludes halogenated alkanes) is 1. The van der Waals surface area contributed by atoms with Gasteiger partial charge in [-0.25, -0.2) is 0 Å². The van der Waals surface area contributed by atoms with Gasteiger partial charge in [-0.15, -0.1) is 0 Å². The molecule has 0 aliphatic carbocycles. The summed E-state index contributed by atoms with van der Waals surface area (Å²) in [6.07, 6.45) is 7.53. The third-order valence-electron chi connectivity index (χ3n) is 1.95. The summed E-state index contributed by atoms with van der Waals surface area (Å²) in [5.41, 5.74) is 2.77. The zero-order valence-electron chi connectivity index (χ0n) is 11.3. The van der Waals surface area contributed by atoms with E-state index in [9.17, 15) is 0 Å². The zero-order chi connectivity index (χ0) is 12.1. The van der Waals surface area contributed by atoms with Crippen molar-refractivity contribution < 1.29 is 0 Å². The van der Waals surface area contributed by atoms with E-state index in [1.807, 2.05) is 40.1 Å². The van der Waals surface area contributed by atoms with Gasteiger partial charge < -0.3 is 0 Å². The van der Waals surface area contributed by atoms with Gasteiger partial charge in [-0.2, -0.15) is 0 Å². The van der Waals surface area contributed by atoms with Crippen LogP contribution in [0.2, 0.25) is 0 Å². The highest BCUT2D eigenvalue weighted by Crippen LogP contribution is 2.08. The molecule has 0 aliphatic rings. The van der Waals surface area contributed by atoms with Crippen molar-refractivity contribution in [1.82, 2.24) is 4.98 Å². The molecule has 0 aliphatic heterocycles. The van der Waals surface area contributed by atoms with Gasteiger partial charge in [0.2, 0.25) is 0 Å². The lowest BCUT2D eigenvalue weighted by Gasteiger charge is -2.01. The van der Waals surface area contributed by atoms with E-state index in [0.29, 0.717) is 0 Å². The van der Waals surface area contributed by atoms with Crippen LogP contribution in [0.1, 0.15) is 58.6 Å². The first-order chi connectivity index (χ1) is 7.34. The van der Waals surface area contributed by atoms with Crippen molar-refractivity contribution in [1.29, 1.82) is 0 Å². The molecule has 0 atom stereocenters. The van der Waals surface area contributed by atoms with Crippen LogP contribution in [0.4, 0.5) is 0 Å². The molecule has 0 unspecified atom stereocenters. The SMILES string of the molecule is CC.CC.CCCCc1cnccc1C. The van der Waals surface area contributed by atoms with E-state index in [0.717, 1.165) is 0 Å². The molecule has 1 aromatic heterocycles. The maximum atomic E-state index is 4.10. The van der Waals surface area contributed by atoms with E-state index in [1.54, 1.807) is 0 Å². The van der Waals surface area contributed by atoms with E-state index in [2.05, 4.69) is 24.9 Å². The first kappa shape index (κ1) is 16.6. The Balaban J connectivity index is 0. The zero-order valence-corrected chi connectivity index (χ0v) is 11.3. The lowest BCUT2D eigenvalue weighted by molar-refractivity contribution is 0.788. The fraction of sp³-hybridized carbons (Fsp3) is 0.643. The van der Waals surface area contributed by atoms with Crippen molar-refractivity contribution in [2.45, 2.75) is 60.8 Å². The maximum Gasteiger partial charge on any atom is 0.0302 e. The second-order valence-corrected chi connectivity index (χ2v) is 2.91. The smallest absolute Gasteiger partial charge is 0.0302 e. The summed E-state index contributed by atoms with van der Waals surface area (Å²) >= 11 is 0. The number of aryl methyl sites for hydroxylation is 2. The number of aromatic nitrogens is 1. The number of hydrogen-bond donors (Lipinski definition) is 0. The molecule has 88 valence electrons. The van der Waals surface area contributed by atoms with Crippen molar-refractivity contribution >= 4 is 0 Å². The minimum atomic E-state index is 1.18. The van der Waals surface area contributed by atoms with Gasteiger partial charge in [0.15, 0.2) is 0 Å². The van der Waals surface area contributed by atoms with Gasteiger partial charge in [0, 0.05) is 12.4 Å². The molecule has 0 spiro atoms. The number of rotatable bonds is 3. The molecule has 0 fully saturated rings. The Bertz CT molecular complexity index is 218. The van der Waals surface area contributed by atoms with E-state index in [1.165, 1.54) is 30.4 Å². The molecule has 1 aromatic rings. The molecule has 0 saturated heterocycles. The van der Waals surface area contributed by atoms with Crippen molar-refractivity contribution in [3.8, 4) is 0 Å². The van der Waals surface area contributed by atoms with Crippen LogP contribution in [0.15, 0.2) is 18.5 Å². The fourth-order valence-corrected chi connectivity index (χ4v) is 1.13. The standard InChI is InChI=1S/C10H15N.2C2H6/c1-3-4-5-10-8-11-7-6-9(10)2;2*1-2/h6-8H,3-5H2,1-2H3;2*1-2H3. The van der Waals surface area contributed by atoms with Crippen molar-refractivity contribution in [2.75, 3.05) is 0 Å². The molecule has 1 heterocycles. The van der Waals surface area contributed by atoms with Gasteiger partial charge in [-0.05, 0) is 37.0 Å². The fourth-order valence-electron chi connectivity index (χ4n) is 1.13. The van der Waals surface area contributed by atoms with Gasteiger partial charge in [0.1, 0.15) is 0 Å². The second-order valence-electron chi connectivity index (χ2n) is 2.91. The Hall–Kier alpha value is -0.850. The summed E-state index contributed by atoms with van der Waals surface area (Å²) in [6, 6.07) is 2.07. The summed E-state index contributed by atoms with van der Waals surface area (Å²) in [5, 5.41) is 0. The molecule has 0 radical (unpaired) electrons. The molecule has 1 heteroatoms. The molecule has 0 aromatic carbocycles. The average Bonchev–Trinajstić information content (AvgIpc) is 2.33. The van der Waals surface area contributed by atoms with Gasteiger partial charge >= 0.3 is 0 Å². The summed E-state index contributed by atoms with van der Waals surface area (Å²) in [7, 11) is 0. The van der Waals surface area contributed by atoms with Crippen LogP contribution >= 0.6 is 0 Å². The Labute approximate surface area is 95.9 Å². The van der Waals surface area contributed by atoms with Gasteiger partial charge in [-0.3, -0.25) is 4.98 Å². The molecule has 0 amide bonds. The lowest BCUT2D eigenvalue weighted by atomic mass is 10.1. The molecule has 1 nitrogen and oxygen atoms in total. The minimum absolute atomic E-state index is 1.18. The molecule has 0 N–H and O–H groups in total. The van der Waals surface area contributed by atoms with E-state index >= 15 is 0 Å². The van der Waals surface area contributed by atoms with Crippen LogP contribution in [0.5, 0.6) is 0 Å². The molecule has 15 heavy (non-hydrogen) atoms. The number of nitrogens with zero attached hydrogens (tertiary/aromatic N) is 1. The largest absolute Gasteiger partial charge is 0.264 e. The Kier molecular flexibility index (Phi) is 14.5. The third-order valence-corrected chi connectivity index (χ3v) is 1.95. The summed E-state index contributed by atoms with van der Waals surface area (Å²) in [6.45, 7) is 12.4. The number of hydrogen-bond acceptors (Lipinski definition) is 1. The van der Waals surface area contributed by atoms with Crippen LogP contribution in [-0.2, 0) is 6.42 Å². The monoisotopic (exact) mass is 209 g/mol. The molecular formula is C14H27N. The second kappa shape index (κ2) is 13.2. The van der Waals surface area contributed by atoms with Crippen molar-refractivity contribution in [3.63, 3.8) is 0 Å². The van der Waals surface area contributed by atoms with Crippen LogP contribution in [0, 0.1) is 6.92 Å². The molecular weight excluding hydrogens is 182 g/mol. The average molecular weight is 209 g/mol. The van der Waals surface area contributed by atoms with Crippen LogP contribution in [-0.4, -0.2) is 4.98 Å². The Morgan fingerprint density at radius 2 is 1.73 bits per heavy atom. The van der Waals surface area contributed by atoms with Crippen molar-refractivity contribution in [2.24, 2.45) is 0 Å².